The van der Waals surface area contributed by atoms with Crippen LogP contribution in [0.4, 0.5) is 0 Å². The standard InChI is InChI=1S/C19H23ClN4O2/c1-3-15-13-23(19(26)18-16(20)11-21-22(18)2)10-9-17(25)24(15)12-14-7-5-4-6-8-14/h4-8,11,15H,3,9-10,12-13H2,1-2H3/t15-/m1/s1. The number of carbonyl (C=O) groups is 2. The molecule has 2 heterocycles. The smallest absolute Gasteiger partial charge is 0.273 e. The molecule has 6 nitrogen and oxygen atoms in total. The topological polar surface area (TPSA) is 58.4 Å². The van der Waals surface area contributed by atoms with Crippen LogP contribution in [0.15, 0.2) is 36.5 Å². The molecule has 0 bridgehead atoms. The second-order valence-electron chi connectivity index (χ2n) is 6.54. The average molecular weight is 375 g/mol. The van der Waals surface area contributed by atoms with E-state index < -0.39 is 0 Å². The van der Waals surface area contributed by atoms with Crippen molar-refractivity contribution in [3.05, 3.63) is 52.8 Å². The zero-order chi connectivity index (χ0) is 18.7. The summed E-state index contributed by atoms with van der Waals surface area (Å²) in [5, 5.41) is 4.38. The van der Waals surface area contributed by atoms with E-state index in [1.54, 1.807) is 11.9 Å². The van der Waals surface area contributed by atoms with E-state index in [1.165, 1.54) is 10.9 Å². The number of carbonyl (C=O) groups excluding carboxylic acids is 2. The van der Waals surface area contributed by atoms with Gasteiger partial charge >= 0.3 is 0 Å². The van der Waals surface area contributed by atoms with E-state index in [2.05, 4.69) is 5.10 Å². The van der Waals surface area contributed by atoms with Gasteiger partial charge in [0.15, 0.2) is 0 Å². The van der Waals surface area contributed by atoms with E-state index in [1.807, 2.05) is 42.2 Å². The van der Waals surface area contributed by atoms with Crippen LogP contribution in [-0.2, 0) is 18.4 Å². The molecule has 0 spiro atoms. The molecule has 1 aromatic carbocycles. The number of hydrogen-bond donors (Lipinski definition) is 0. The number of aromatic nitrogens is 2. The fourth-order valence-corrected chi connectivity index (χ4v) is 3.60. The van der Waals surface area contributed by atoms with Crippen molar-refractivity contribution >= 4 is 23.4 Å². The Morgan fingerprint density at radius 3 is 2.65 bits per heavy atom. The largest absolute Gasteiger partial charge is 0.335 e. The normalized spacial score (nSPS) is 18.1. The first-order chi connectivity index (χ1) is 12.5. The lowest BCUT2D eigenvalue weighted by molar-refractivity contribution is -0.133. The summed E-state index contributed by atoms with van der Waals surface area (Å²) >= 11 is 6.13. The van der Waals surface area contributed by atoms with Gasteiger partial charge in [-0.05, 0) is 12.0 Å². The van der Waals surface area contributed by atoms with Gasteiger partial charge < -0.3 is 9.80 Å². The molecular weight excluding hydrogens is 352 g/mol. The Balaban J connectivity index is 1.81. The van der Waals surface area contributed by atoms with Crippen molar-refractivity contribution in [1.82, 2.24) is 19.6 Å². The third-order valence-electron chi connectivity index (χ3n) is 4.84. The van der Waals surface area contributed by atoms with Crippen LogP contribution in [0.25, 0.3) is 0 Å². The zero-order valence-corrected chi connectivity index (χ0v) is 15.8. The SMILES string of the molecule is CC[C@@H]1CN(C(=O)c2c(Cl)cnn2C)CCC(=O)N1Cc1ccccc1. The third kappa shape index (κ3) is 3.75. The van der Waals surface area contributed by atoms with Crippen LogP contribution in [0.3, 0.4) is 0 Å². The molecule has 1 aromatic heterocycles. The second-order valence-corrected chi connectivity index (χ2v) is 6.94. The summed E-state index contributed by atoms with van der Waals surface area (Å²) in [6.45, 7) is 3.49. The van der Waals surface area contributed by atoms with Crippen molar-refractivity contribution in [3.63, 3.8) is 0 Å². The van der Waals surface area contributed by atoms with Gasteiger partial charge in [0.25, 0.3) is 5.91 Å². The van der Waals surface area contributed by atoms with Crippen molar-refractivity contribution in [1.29, 1.82) is 0 Å². The first-order valence-corrected chi connectivity index (χ1v) is 9.19. The Labute approximate surface area is 158 Å². The molecular formula is C19H23ClN4O2. The molecule has 1 atom stereocenters. The van der Waals surface area contributed by atoms with Gasteiger partial charge in [-0.2, -0.15) is 5.10 Å². The van der Waals surface area contributed by atoms with Gasteiger partial charge in [-0.3, -0.25) is 14.3 Å². The van der Waals surface area contributed by atoms with Crippen molar-refractivity contribution in [2.75, 3.05) is 13.1 Å². The Bertz CT molecular complexity index is 771. The quantitative estimate of drug-likeness (QED) is 0.826. The number of hydrogen-bond acceptors (Lipinski definition) is 3. The summed E-state index contributed by atoms with van der Waals surface area (Å²) in [6, 6.07) is 9.91. The van der Waals surface area contributed by atoms with E-state index >= 15 is 0 Å². The molecule has 1 saturated heterocycles. The monoisotopic (exact) mass is 374 g/mol. The van der Waals surface area contributed by atoms with E-state index in [4.69, 9.17) is 11.6 Å². The van der Waals surface area contributed by atoms with E-state index in [0.717, 1.165) is 12.0 Å². The van der Waals surface area contributed by atoms with Crippen LogP contribution in [-0.4, -0.2) is 50.5 Å². The van der Waals surface area contributed by atoms with Crippen molar-refractivity contribution < 1.29 is 9.59 Å². The highest BCUT2D eigenvalue weighted by atomic mass is 35.5. The van der Waals surface area contributed by atoms with E-state index in [0.29, 0.717) is 36.8 Å². The van der Waals surface area contributed by atoms with Gasteiger partial charge in [0.05, 0.1) is 11.2 Å². The number of aryl methyl sites for hydroxylation is 1. The van der Waals surface area contributed by atoms with Crippen LogP contribution in [0.1, 0.15) is 35.8 Å². The Kier molecular flexibility index (Phi) is 5.61. The summed E-state index contributed by atoms with van der Waals surface area (Å²) in [5.41, 5.74) is 1.46. The highest BCUT2D eigenvalue weighted by Gasteiger charge is 2.32. The molecule has 3 rings (SSSR count). The summed E-state index contributed by atoms with van der Waals surface area (Å²) in [7, 11) is 1.70. The molecule has 0 radical (unpaired) electrons. The maximum absolute atomic E-state index is 12.9. The molecule has 2 aromatic rings. The number of amides is 2. The molecule has 0 N–H and O–H groups in total. The Morgan fingerprint density at radius 2 is 2.04 bits per heavy atom. The lowest BCUT2D eigenvalue weighted by Crippen LogP contribution is -2.44. The highest BCUT2D eigenvalue weighted by molar-refractivity contribution is 6.33. The minimum atomic E-state index is -0.178. The van der Waals surface area contributed by atoms with Gasteiger partial charge in [0, 0.05) is 39.1 Å². The van der Waals surface area contributed by atoms with E-state index in [9.17, 15) is 9.59 Å². The fraction of sp³-hybridized carbons (Fsp3) is 0.421. The molecule has 0 unspecified atom stereocenters. The molecule has 7 heteroatoms. The number of rotatable bonds is 4. The van der Waals surface area contributed by atoms with Crippen molar-refractivity contribution in [2.45, 2.75) is 32.4 Å². The second kappa shape index (κ2) is 7.91. The first-order valence-electron chi connectivity index (χ1n) is 8.81. The van der Waals surface area contributed by atoms with Crippen LogP contribution >= 0.6 is 11.6 Å². The lowest BCUT2D eigenvalue weighted by Gasteiger charge is -2.31. The molecule has 2 amide bonds. The van der Waals surface area contributed by atoms with Gasteiger partial charge in [-0.25, -0.2) is 0 Å². The average Bonchev–Trinajstić information content (AvgIpc) is 2.89. The molecule has 26 heavy (non-hydrogen) atoms. The van der Waals surface area contributed by atoms with Gasteiger partial charge in [-0.15, -0.1) is 0 Å². The van der Waals surface area contributed by atoms with Crippen LogP contribution in [0, 0.1) is 0 Å². The van der Waals surface area contributed by atoms with Crippen molar-refractivity contribution in [3.8, 4) is 0 Å². The van der Waals surface area contributed by atoms with Crippen LogP contribution in [0.2, 0.25) is 5.02 Å². The van der Waals surface area contributed by atoms with E-state index in [-0.39, 0.29) is 17.9 Å². The van der Waals surface area contributed by atoms with Crippen LogP contribution < -0.4 is 0 Å². The minimum absolute atomic E-state index is 0.0267. The summed E-state index contributed by atoms with van der Waals surface area (Å²) < 4.78 is 1.49. The molecule has 1 aliphatic heterocycles. The van der Waals surface area contributed by atoms with Gasteiger partial charge in [0.1, 0.15) is 5.69 Å². The maximum Gasteiger partial charge on any atom is 0.273 e. The van der Waals surface area contributed by atoms with Gasteiger partial charge in [-0.1, -0.05) is 48.9 Å². The third-order valence-corrected chi connectivity index (χ3v) is 5.12. The predicted molar refractivity (Wildman–Crippen MR) is 99.8 cm³/mol. The number of nitrogens with zero attached hydrogens (tertiary/aromatic N) is 4. The highest BCUT2D eigenvalue weighted by Crippen LogP contribution is 2.21. The molecule has 1 aliphatic rings. The van der Waals surface area contributed by atoms with Crippen LogP contribution in [0.5, 0.6) is 0 Å². The molecule has 138 valence electrons. The summed E-state index contributed by atoms with van der Waals surface area (Å²) in [6.07, 6.45) is 2.56. The maximum atomic E-state index is 12.9. The molecule has 0 saturated carbocycles. The minimum Gasteiger partial charge on any atom is -0.335 e. The zero-order valence-electron chi connectivity index (χ0n) is 15.1. The van der Waals surface area contributed by atoms with Crippen molar-refractivity contribution in [2.24, 2.45) is 7.05 Å². The Morgan fingerprint density at radius 1 is 1.31 bits per heavy atom. The fourth-order valence-electron chi connectivity index (χ4n) is 3.35. The predicted octanol–water partition coefficient (Wildman–Crippen LogP) is 2.73. The summed E-state index contributed by atoms with van der Waals surface area (Å²) in [5.74, 6) is -0.102. The Hall–Kier alpha value is -2.34. The lowest BCUT2D eigenvalue weighted by atomic mass is 10.1. The summed E-state index contributed by atoms with van der Waals surface area (Å²) in [4.78, 5) is 29.3. The number of benzene rings is 1. The van der Waals surface area contributed by atoms with Gasteiger partial charge in [0.2, 0.25) is 5.91 Å². The molecule has 1 fully saturated rings. The molecule has 0 aliphatic carbocycles. The number of halogens is 1. The first kappa shape index (κ1) is 18.5.